The van der Waals surface area contributed by atoms with E-state index < -0.39 is 0 Å². The minimum absolute atomic E-state index is 0.623. The molecular formula is C23H16N8. The van der Waals surface area contributed by atoms with Crippen molar-refractivity contribution in [1.82, 2.24) is 35.1 Å². The van der Waals surface area contributed by atoms with Gasteiger partial charge in [-0.15, -0.1) is 0 Å². The lowest BCUT2D eigenvalue weighted by Gasteiger charge is -2.03. The molecule has 0 saturated heterocycles. The predicted molar refractivity (Wildman–Crippen MR) is 120 cm³/mol. The molecular weight excluding hydrogens is 388 g/mol. The van der Waals surface area contributed by atoms with Crippen molar-refractivity contribution in [2.45, 2.75) is 0 Å². The van der Waals surface area contributed by atoms with Crippen molar-refractivity contribution in [3.05, 3.63) is 73.6 Å². The summed E-state index contributed by atoms with van der Waals surface area (Å²) in [6, 6.07) is 11.9. The van der Waals surface area contributed by atoms with E-state index >= 15 is 0 Å². The monoisotopic (exact) mass is 404 g/mol. The Bertz CT molecular complexity index is 1550. The molecule has 0 aliphatic rings. The molecule has 6 rings (SSSR count). The third-order valence-corrected chi connectivity index (χ3v) is 5.25. The minimum Gasteiger partial charge on any atom is -0.397 e. The molecule has 5 aromatic heterocycles. The lowest BCUT2D eigenvalue weighted by molar-refractivity contribution is 1.11. The van der Waals surface area contributed by atoms with Crippen LogP contribution in [0.3, 0.4) is 0 Å². The van der Waals surface area contributed by atoms with Gasteiger partial charge in [0, 0.05) is 53.1 Å². The standard InChI is InChI=1S/C23H16N8/c24-16-6-15(9-26-10-16)13-3-4-19-17(7-13)22(31-30-19)23-28-20-12-27-11-18(21(20)29-23)14-2-1-5-25-8-14/h1-12H,24H2,(H,28,29)(H,30,31). The van der Waals surface area contributed by atoms with E-state index in [-0.39, 0.29) is 0 Å². The lowest BCUT2D eigenvalue weighted by atomic mass is 10.0. The molecule has 4 N–H and O–H groups in total. The quantitative estimate of drug-likeness (QED) is 0.406. The molecule has 0 unspecified atom stereocenters. The van der Waals surface area contributed by atoms with Crippen LogP contribution in [0.4, 0.5) is 5.69 Å². The highest BCUT2D eigenvalue weighted by molar-refractivity contribution is 5.98. The number of nitrogens with one attached hydrogen (secondary N) is 2. The van der Waals surface area contributed by atoms with Gasteiger partial charge in [0.25, 0.3) is 0 Å². The number of pyridine rings is 3. The average molecular weight is 404 g/mol. The summed E-state index contributed by atoms with van der Waals surface area (Å²) in [7, 11) is 0. The van der Waals surface area contributed by atoms with Crippen LogP contribution in [0.1, 0.15) is 0 Å². The molecule has 0 atom stereocenters. The van der Waals surface area contributed by atoms with E-state index in [1.165, 1.54) is 0 Å². The third-order valence-electron chi connectivity index (χ3n) is 5.25. The first-order chi connectivity index (χ1) is 15.3. The van der Waals surface area contributed by atoms with Gasteiger partial charge >= 0.3 is 0 Å². The Morgan fingerprint density at radius 1 is 0.774 bits per heavy atom. The summed E-state index contributed by atoms with van der Waals surface area (Å²) in [6.45, 7) is 0. The Hall–Kier alpha value is -4.59. The highest BCUT2D eigenvalue weighted by Gasteiger charge is 2.16. The number of anilines is 1. The maximum absolute atomic E-state index is 5.91. The molecule has 0 radical (unpaired) electrons. The first kappa shape index (κ1) is 17.3. The van der Waals surface area contributed by atoms with Gasteiger partial charge in [-0.2, -0.15) is 5.10 Å². The summed E-state index contributed by atoms with van der Waals surface area (Å²) in [5.41, 5.74) is 13.7. The van der Waals surface area contributed by atoms with Crippen molar-refractivity contribution in [3.63, 3.8) is 0 Å². The van der Waals surface area contributed by atoms with Crippen molar-refractivity contribution in [2.24, 2.45) is 0 Å². The Kier molecular flexibility index (Phi) is 3.76. The van der Waals surface area contributed by atoms with Gasteiger partial charge in [-0.3, -0.25) is 20.1 Å². The number of nitrogen functional groups attached to an aromatic ring is 1. The van der Waals surface area contributed by atoms with E-state index in [1.54, 1.807) is 37.2 Å². The van der Waals surface area contributed by atoms with Crippen LogP contribution < -0.4 is 5.73 Å². The van der Waals surface area contributed by atoms with Crippen LogP contribution >= 0.6 is 0 Å². The van der Waals surface area contributed by atoms with Crippen LogP contribution in [0.15, 0.2) is 73.6 Å². The highest BCUT2D eigenvalue weighted by Crippen LogP contribution is 2.32. The first-order valence-electron chi connectivity index (χ1n) is 9.70. The second-order valence-electron chi connectivity index (χ2n) is 7.25. The Balaban J connectivity index is 1.51. The second-order valence-corrected chi connectivity index (χ2v) is 7.25. The SMILES string of the molecule is Nc1cncc(-c2ccc3[nH]nc(-c4nc5c(-c6cccnc6)cncc5[nH]4)c3c2)c1. The van der Waals surface area contributed by atoms with Crippen LogP contribution in [-0.2, 0) is 0 Å². The molecule has 5 heterocycles. The number of aromatic amines is 2. The first-order valence-corrected chi connectivity index (χ1v) is 9.70. The molecule has 148 valence electrons. The van der Waals surface area contributed by atoms with Crippen molar-refractivity contribution in [2.75, 3.05) is 5.73 Å². The zero-order chi connectivity index (χ0) is 20.8. The fraction of sp³-hybridized carbons (Fsp3) is 0. The maximum atomic E-state index is 5.91. The van der Waals surface area contributed by atoms with Gasteiger partial charge in [0.15, 0.2) is 5.82 Å². The van der Waals surface area contributed by atoms with Gasteiger partial charge in [-0.1, -0.05) is 12.1 Å². The smallest absolute Gasteiger partial charge is 0.159 e. The topological polar surface area (TPSA) is 122 Å². The van der Waals surface area contributed by atoms with Crippen molar-refractivity contribution >= 4 is 27.6 Å². The molecule has 0 aliphatic heterocycles. The molecule has 0 fully saturated rings. The van der Waals surface area contributed by atoms with Crippen LogP contribution in [0, 0.1) is 0 Å². The van der Waals surface area contributed by atoms with E-state index in [4.69, 9.17) is 10.7 Å². The molecule has 0 saturated carbocycles. The summed E-state index contributed by atoms with van der Waals surface area (Å²) < 4.78 is 0. The van der Waals surface area contributed by atoms with E-state index in [2.05, 4.69) is 36.2 Å². The number of H-pyrrole nitrogens is 2. The molecule has 31 heavy (non-hydrogen) atoms. The number of benzene rings is 1. The normalized spacial score (nSPS) is 11.4. The summed E-state index contributed by atoms with van der Waals surface area (Å²) >= 11 is 0. The van der Waals surface area contributed by atoms with Gasteiger partial charge in [0.2, 0.25) is 0 Å². The van der Waals surface area contributed by atoms with Crippen LogP contribution in [0.5, 0.6) is 0 Å². The van der Waals surface area contributed by atoms with E-state index in [1.807, 2.05) is 30.3 Å². The summed E-state index contributed by atoms with van der Waals surface area (Å²) in [6.07, 6.45) is 10.6. The molecule has 1 aromatic carbocycles. The third kappa shape index (κ3) is 2.89. The molecule has 0 amide bonds. The Labute approximate surface area is 176 Å². The average Bonchev–Trinajstić information content (AvgIpc) is 3.43. The van der Waals surface area contributed by atoms with Crippen molar-refractivity contribution in [1.29, 1.82) is 0 Å². The summed E-state index contributed by atoms with van der Waals surface area (Å²) in [4.78, 5) is 21.0. The summed E-state index contributed by atoms with van der Waals surface area (Å²) in [5.74, 6) is 0.669. The van der Waals surface area contributed by atoms with Gasteiger partial charge in [-0.25, -0.2) is 4.98 Å². The fourth-order valence-electron chi connectivity index (χ4n) is 3.77. The second kappa shape index (κ2) is 6.74. The molecule has 6 aromatic rings. The van der Waals surface area contributed by atoms with Crippen LogP contribution in [0.25, 0.3) is 55.7 Å². The number of nitrogens with zero attached hydrogens (tertiary/aromatic N) is 5. The van der Waals surface area contributed by atoms with E-state index in [0.717, 1.165) is 49.9 Å². The number of rotatable bonds is 3. The van der Waals surface area contributed by atoms with Gasteiger partial charge in [0.05, 0.1) is 22.9 Å². The molecule has 0 spiro atoms. The van der Waals surface area contributed by atoms with Crippen LogP contribution in [0.2, 0.25) is 0 Å². The lowest BCUT2D eigenvalue weighted by Crippen LogP contribution is -1.88. The maximum Gasteiger partial charge on any atom is 0.159 e. The summed E-state index contributed by atoms with van der Waals surface area (Å²) in [5, 5.41) is 8.57. The van der Waals surface area contributed by atoms with E-state index in [0.29, 0.717) is 11.5 Å². The number of fused-ring (bicyclic) bond motifs is 2. The van der Waals surface area contributed by atoms with Crippen LogP contribution in [-0.4, -0.2) is 35.1 Å². The molecule has 8 heteroatoms. The Morgan fingerprint density at radius 3 is 2.55 bits per heavy atom. The fourth-order valence-corrected chi connectivity index (χ4v) is 3.77. The number of hydrogen-bond donors (Lipinski definition) is 3. The predicted octanol–water partition coefficient (Wildman–Crippen LogP) is 4.21. The zero-order valence-corrected chi connectivity index (χ0v) is 16.2. The molecule has 0 bridgehead atoms. The highest BCUT2D eigenvalue weighted by atomic mass is 15.1. The number of hydrogen-bond acceptors (Lipinski definition) is 6. The van der Waals surface area contributed by atoms with Crippen molar-refractivity contribution in [3.8, 4) is 33.8 Å². The Morgan fingerprint density at radius 2 is 1.68 bits per heavy atom. The van der Waals surface area contributed by atoms with Gasteiger partial charge in [0.1, 0.15) is 11.2 Å². The number of nitrogens with two attached hydrogens (primary N) is 1. The van der Waals surface area contributed by atoms with E-state index in [9.17, 15) is 0 Å². The largest absolute Gasteiger partial charge is 0.397 e. The number of imidazole rings is 1. The molecule has 0 aliphatic carbocycles. The van der Waals surface area contributed by atoms with Crippen molar-refractivity contribution < 1.29 is 0 Å². The van der Waals surface area contributed by atoms with Gasteiger partial charge < -0.3 is 10.7 Å². The number of aromatic nitrogens is 7. The van der Waals surface area contributed by atoms with Gasteiger partial charge in [-0.05, 0) is 29.8 Å². The molecule has 8 nitrogen and oxygen atoms in total. The zero-order valence-electron chi connectivity index (χ0n) is 16.2. The minimum atomic E-state index is 0.623.